The molecule has 18 heavy (non-hydrogen) atoms. The molecule has 0 bridgehead atoms. The van der Waals surface area contributed by atoms with E-state index in [2.05, 4.69) is 40.1 Å². The SMILES string of the molecule is c1ccc2c(CNCCn3cccn3)csc2c1. The lowest BCUT2D eigenvalue weighted by Crippen LogP contribution is -2.19. The zero-order chi connectivity index (χ0) is 12.2. The monoisotopic (exact) mass is 257 g/mol. The van der Waals surface area contributed by atoms with Crippen molar-refractivity contribution < 1.29 is 0 Å². The summed E-state index contributed by atoms with van der Waals surface area (Å²) in [6.45, 7) is 2.77. The minimum Gasteiger partial charge on any atom is -0.311 e. The number of benzene rings is 1. The van der Waals surface area contributed by atoms with Gasteiger partial charge in [0.2, 0.25) is 0 Å². The standard InChI is InChI=1S/C14H15N3S/c1-2-5-14-13(4-1)12(11-18-14)10-15-7-9-17-8-3-6-16-17/h1-6,8,11,15H,7,9-10H2. The maximum absolute atomic E-state index is 4.18. The van der Waals surface area contributed by atoms with Crippen LogP contribution in [0.1, 0.15) is 5.56 Å². The summed E-state index contributed by atoms with van der Waals surface area (Å²) in [4.78, 5) is 0. The summed E-state index contributed by atoms with van der Waals surface area (Å²) >= 11 is 1.81. The van der Waals surface area contributed by atoms with Crippen LogP contribution >= 0.6 is 11.3 Å². The molecule has 0 aliphatic heterocycles. The van der Waals surface area contributed by atoms with Gasteiger partial charge in [-0.1, -0.05) is 18.2 Å². The number of nitrogens with zero attached hydrogens (tertiary/aromatic N) is 2. The number of aromatic nitrogens is 2. The molecule has 1 aromatic carbocycles. The summed E-state index contributed by atoms with van der Waals surface area (Å²) < 4.78 is 3.31. The van der Waals surface area contributed by atoms with Crippen molar-refractivity contribution in [2.45, 2.75) is 13.1 Å². The Morgan fingerprint density at radius 3 is 3.06 bits per heavy atom. The zero-order valence-electron chi connectivity index (χ0n) is 10.0. The molecule has 0 saturated heterocycles. The van der Waals surface area contributed by atoms with E-state index >= 15 is 0 Å². The highest BCUT2D eigenvalue weighted by Gasteiger charge is 2.02. The fraction of sp³-hybridized carbons (Fsp3) is 0.214. The van der Waals surface area contributed by atoms with Gasteiger partial charge >= 0.3 is 0 Å². The molecule has 0 spiro atoms. The van der Waals surface area contributed by atoms with Gasteiger partial charge < -0.3 is 5.32 Å². The van der Waals surface area contributed by atoms with E-state index in [9.17, 15) is 0 Å². The van der Waals surface area contributed by atoms with Crippen LogP contribution in [0.25, 0.3) is 10.1 Å². The van der Waals surface area contributed by atoms with Crippen molar-refractivity contribution in [2.75, 3.05) is 6.54 Å². The Labute approximate surface area is 110 Å². The lowest BCUT2D eigenvalue weighted by atomic mass is 10.2. The van der Waals surface area contributed by atoms with Gasteiger partial charge in [0.1, 0.15) is 0 Å². The third-order valence-electron chi connectivity index (χ3n) is 2.95. The Balaban J connectivity index is 1.57. The van der Waals surface area contributed by atoms with Crippen LogP contribution in [-0.2, 0) is 13.1 Å². The van der Waals surface area contributed by atoms with Gasteiger partial charge in [-0.25, -0.2) is 0 Å². The average Bonchev–Trinajstić information content (AvgIpc) is 3.04. The number of hydrogen-bond donors (Lipinski definition) is 1. The second kappa shape index (κ2) is 5.33. The summed E-state index contributed by atoms with van der Waals surface area (Å²) in [5.41, 5.74) is 1.39. The van der Waals surface area contributed by atoms with Gasteiger partial charge in [-0.05, 0) is 28.5 Å². The van der Waals surface area contributed by atoms with Gasteiger partial charge in [-0.3, -0.25) is 4.68 Å². The highest BCUT2D eigenvalue weighted by Crippen LogP contribution is 2.25. The van der Waals surface area contributed by atoms with Crippen molar-refractivity contribution in [1.29, 1.82) is 0 Å². The maximum atomic E-state index is 4.18. The second-order valence-corrected chi connectivity index (χ2v) is 5.11. The van der Waals surface area contributed by atoms with Crippen molar-refractivity contribution in [3.8, 4) is 0 Å². The van der Waals surface area contributed by atoms with E-state index in [0.717, 1.165) is 19.6 Å². The molecule has 0 fully saturated rings. The van der Waals surface area contributed by atoms with Crippen LogP contribution in [-0.4, -0.2) is 16.3 Å². The van der Waals surface area contributed by atoms with E-state index < -0.39 is 0 Å². The van der Waals surface area contributed by atoms with Crippen molar-refractivity contribution in [3.63, 3.8) is 0 Å². The maximum Gasteiger partial charge on any atom is 0.0534 e. The Bertz CT molecular complexity index is 613. The van der Waals surface area contributed by atoms with Crippen molar-refractivity contribution >= 4 is 21.4 Å². The average molecular weight is 257 g/mol. The predicted molar refractivity (Wildman–Crippen MR) is 75.8 cm³/mol. The molecule has 3 nitrogen and oxygen atoms in total. The first-order valence-electron chi connectivity index (χ1n) is 6.07. The molecule has 1 N–H and O–H groups in total. The Morgan fingerprint density at radius 1 is 1.22 bits per heavy atom. The molecule has 0 unspecified atom stereocenters. The third kappa shape index (κ3) is 2.44. The third-order valence-corrected chi connectivity index (χ3v) is 3.97. The van der Waals surface area contributed by atoms with E-state index in [1.807, 2.05) is 34.5 Å². The molecule has 2 heterocycles. The lowest BCUT2D eigenvalue weighted by molar-refractivity contribution is 0.556. The first kappa shape index (κ1) is 11.4. The fourth-order valence-electron chi connectivity index (χ4n) is 2.02. The molecule has 0 radical (unpaired) electrons. The topological polar surface area (TPSA) is 29.9 Å². The van der Waals surface area contributed by atoms with E-state index in [-0.39, 0.29) is 0 Å². The highest BCUT2D eigenvalue weighted by molar-refractivity contribution is 7.17. The van der Waals surface area contributed by atoms with Crippen molar-refractivity contribution in [2.24, 2.45) is 0 Å². The van der Waals surface area contributed by atoms with Gasteiger partial charge in [0.15, 0.2) is 0 Å². The lowest BCUT2D eigenvalue weighted by Gasteiger charge is -2.04. The molecule has 0 atom stereocenters. The Hall–Kier alpha value is -1.65. The molecular weight excluding hydrogens is 242 g/mol. The fourth-order valence-corrected chi connectivity index (χ4v) is 2.98. The van der Waals surface area contributed by atoms with E-state index in [4.69, 9.17) is 0 Å². The van der Waals surface area contributed by atoms with Gasteiger partial charge in [-0.2, -0.15) is 5.10 Å². The summed E-state index contributed by atoms with van der Waals surface area (Å²) in [7, 11) is 0. The number of fused-ring (bicyclic) bond motifs is 1. The van der Waals surface area contributed by atoms with Crippen LogP contribution in [0.15, 0.2) is 48.1 Å². The normalized spacial score (nSPS) is 11.1. The summed E-state index contributed by atoms with van der Waals surface area (Å²) in [6, 6.07) is 10.5. The largest absolute Gasteiger partial charge is 0.311 e. The molecule has 2 aromatic heterocycles. The molecule has 0 saturated carbocycles. The van der Waals surface area contributed by atoms with Gasteiger partial charge in [0, 0.05) is 30.2 Å². The predicted octanol–water partition coefficient (Wildman–Crippen LogP) is 2.89. The quantitative estimate of drug-likeness (QED) is 0.712. The zero-order valence-corrected chi connectivity index (χ0v) is 10.9. The first-order valence-corrected chi connectivity index (χ1v) is 6.95. The van der Waals surface area contributed by atoms with Gasteiger partial charge in [0.25, 0.3) is 0 Å². The minimum absolute atomic E-state index is 0.912. The summed E-state index contributed by atoms with van der Waals surface area (Å²) in [6.07, 6.45) is 3.80. The van der Waals surface area contributed by atoms with E-state index in [1.54, 1.807) is 0 Å². The minimum atomic E-state index is 0.912. The molecule has 92 valence electrons. The van der Waals surface area contributed by atoms with E-state index in [1.165, 1.54) is 15.6 Å². The van der Waals surface area contributed by atoms with E-state index in [0.29, 0.717) is 0 Å². The Morgan fingerprint density at radius 2 is 2.17 bits per heavy atom. The van der Waals surface area contributed by atoms with Crippen LogP contribution in [0, 0.1) is 0 Å². The number of rotatable bonds is 5. The highest BCUT2D eigenvalue weighted by atomic mass is 32.1. The van der Waals surface area contributed by atoms with Crippen LogP contribution < -0.4 is 5.32 Å². The molecule has 4 heteroatoms. The summed E-state index contributed by atoms with van der Waals surface area (Å²) in [5.74, 6) is 0. The smallest absolute Gasteiger partial charge is 0.0534 e. The number of hydrogen-bond acceptors (Lipinski definition) is 3. The number of thiophene rings is 1. The van der Waals surface area contributed by atoms with Crippen molar-refractivity contribution in [1.82, 2.24) is 15.1 Å². The molecular formula is C14H15N3S. The van der Waals surface area contributed by atoms with Crippen LogP contribution in [0.4, 0.5) is 0 Å². The molecule has 3 rings (SSSR count). The van der Waals surface area contributed by atoms with Crippen LogP contribution in [0.2, 0.25) is 0 Å². The summed E-state index contributed by atoms with van der Waals surface area (Å²) in [5, 5.41) is 11.3. The van der Waals surface area contributed by atoms with Crippen LogP contribution in [0.5, 0.6) is 0 Å². The van der Waals surface area contributed by atoms with Gasteiger partial charge in [0.05, 0.1) is 6.54 Å². The number of nitrogens with one attached hydrogen (secondary N) is 1. The molecule has 0 amide bonds. The van der Waals surface area contributed by atoms with Crippen LogP contribution in [0.3, 0.4) is 0 Å². The molecule has 0 aliphatic rings. The Kier molecular flexibility index (Phi) is 3.39. The van der Waals surface area contributed by atoms with Gasteiger partial charge in [-0.15, -0.1) is 11.3 Å². The molecule has 0 aliphatic carbocycles. The second-order valence-electron chi connectivity index (χ2n) is 4.20. The molecule has 3 aromatic rings. The van der Waals surface area contributed by atoms with Crippen molar-refractivity contribution in [3.05, 3.63) is 53.7 Å². The first-order chi connectivity index (χ1) is 8.93.